The van der Waals surface area contributed by atoms with E-state index in [-0.39, 0.29) is 12.2 Å². The third-order valence-corrected chi connectivity index (χ3v) is 7.58. The smallest absolute Gasteiger partial charge is 0.307 e. The molecule has 1 aliphatic heterocycles. The van der Waals surface area contributed by atoms with Crippen LogP contribution in [0.5, 0.6) is 11.5 Å². The lowest BCUT2D eigenvalue weighted by Gasteiger charge is -2.31. The number of hydrogen-bond donors (Lipinski definition) is 2. The summed E-state index contributed by atoms with van der Waals surface area (Å²) in [7, 11) is 0.479. The van der Waals surface area contributed by atoms with Crippen LogP contribution in [0, 0.1) is 0 Å². The van der Waals surface area contributed by atoms with Gasteiger partial charge in [-0.2, -0.15) is 0 Å². The Morgan fingerprint density at radius 2 is 1.91 bits per heavy atom. The van der Waals surface area contributed by atoms with Gasteiger partial charge >= 0.3 is 5.97 Å². The molecule has 3 rings (SSSR count). The van der Waals surface area contributed by atoms with Gasteiger partial charge in [-0.05, 0) is 46.0 Å². The van der Waals surface area contributed by atoms with Crippen molar-refractivity contribution in [3.05, 3.63) is 53.1 Å². The number of methoxy groups -OCH3 is 1. The van der Waals surface area contributed by atoms with Gasteiger partial charge in [-0.25, -0.2) is 10.0 Å². The summed E-state index contributed by atoms with van der Waals surface area (Å²) in [5.41, 5.74) is 3.39. The molecule has 0 aliphatic carbocycles. The van der Waals surface area contributed by atoms with Gasteiger partial charge in [-0.3, -0.25) is 4.79 Å². The van der Waals surface area contributed by atoms with Crippen molar-refractivity contribution in [2.45, 2.75) is 22.8 Å². The van der Waals surface area contributed by atoms with Crippen molar-refractivity contribution in [3.8, 4) is 11.5 Å². The van der Waals surface area contributed by atoms with Gasteiger partial charge in [0.05, 0.1) is 13.5 Å². The monoisotopic (exact) mass is 332 g/mol. The Morgan fingerprint density at radius 3 is 2.61 bits per heavy atom. The first-order valence-electron chi connectivity index (χ1n) is 7.34. The molecule has 23 heavy (non-hydrogen) atoms. The number of phenols is 1. The number of hydrogen-bond acceptors (Lipinski definition) is 3. The summed E-state index contributed by atoms with van der Waals surface area (Å²) >= 11 is 0. The molecular formula is C18H20O4S. The second kappa shape index (κ2) is 5.81. The van der Waals surface area contributed by atoms with Crippen LogP contribution in [0.15, 0.2) is 41.3 Å². The number of benzene rings is 2. The minimum atomic E-state index is -1.07. The molecule has 5 heteroatoms. The lowest BCUT2D eigenvalue weighted by Crippen LogP contribution is -2.00. The maximum atomic E-state index is 10.9. The van der Waals surface area contributed by atoms with Crippen molar-refractivity contribution in [1.82, 2.24) is 0 Å². The molecule has 2 N–H and O–H groups in total. The molecule has 0 saturated carbocycles. The molecule has 0 fully saturated rings. The number of fused-ring (bicyclic) bond motifs is 1. The van der Waals surface area contributed by atoms with Gasteiger partial charge in [0.1, 0.15) is 0 Å². The average molecular weight is 332 g/mol. The first-order valence-corrected chi connectivity index (χ1v) is 9.72. The van der Waals surface area contributed by atoms with Gasteiger partial charge in [-0.15, -0.1) is 0 Å². The number of carbonyl (C=O) groups is 1. The lowest BCUT2D eigenvalue weighted by atomic mass is 10.0. The highest BCUT2D eigenvalue weighted by atomic mass is 32.3. The van der Waals surface area contributed by atoms with Crippen LogP contribution in [-0.2, 0) is 22.7 Å². The van der Waals surface area contributed by atoms with E-state index in [0.717, 1.165) is 17.1 Å². The zero-order valence-electron chi connectivity index (χ0n) is 13.2. The van der Waals surface area contributed by atoms with Crippen molar-refractivity contribution in [2.75, 3.05) is 13.4 Å². The summed E-state index contributed by atoms with van der Waals surface area (Å²) in [6, 6.07) is 11.6. The van der Waals surface area contributed by atoms with Gasteiger partial charge in [0.2, 0.25) is 0 Å². The van der Waals surface area contributed by atoms with E-state index < -0.39 is 16.0 Å². The fourth-order valence-corrected chi connectivity index (χ4v) is 6.25. The van der Waals surface area contributed by atoms with Crippen LogP contribution in [0.4, 0.5) is 0 Å². The molecule has 0 aromatic heterocycles. The molecule has 0 radical (unpaired) electrons. The molecule has 4 nitrogen and oxygen atoms in total. The van der Waals surface area contributed by atoms with Crippen molar-refractivity contribution < 1.29 is 19.7 Å². The number of rotatable bonds is 4. The van der Waals surface area contributed by atoms with Crippen LogP contribution in [0.2, 0.25) is 0 Å². The third-order valence-electron chi connectivity index (χ3n) is 4.29. The minimum absolute atomic E-state index is 0.0619. The first kappa shape index (κ1) is 15.7. The van der Waals surface area contributed by atoms with Crippen molar-refractivity contribution in [3.63, 3.8) is 0 Å². The fraction of sp³-hybridized carbons (Fsp3) is 0.278. The van der Waals surface area contributed by atoms with Crippen LogP contribution in [-0.4, -0.2) is 29.5 Å². The standard InChI is InChI=1S/C18H20O4S/c1-22-17-9-15(5-6-16(17)19)23(2)10-13-4-3-12(8-18(20)21)7-14(13)11-23/h3-7,9,19H,8,10-11H2,1-2H3,(H,20,21). The number of ether oxygens (including phenoxy) is 1. The van der Waals surface area contributed by atoms with Gasteiger partial charge in [0.15, 0.2) is 11.5 Å². The van der Waals surface area contributed by atoms with E-state index in [4.69, 9.17) is 9.84 Å². The van der Waals surface area contributed by atoms with E-state index in [9.17, 15) is 9.90 Å². The second-order valence-corrected chi connectivity index (χ2v) is 9.67. The summed E-state index contributed by atoms with van der Waals surface area (Å²) in [6.07, 6.45) is 2.34. The maximum absolute atomic E-state index is 10.9. The minimum Gasteiger partial charge on any atom is -0.504 e. The van der Waals surface area contributed by atoms with Crippen LogP contribution < -0.4 is 4.74 Å². The normalized spacial score (nSPS) is 22.2. The quantitative estimate of drug-likeness (QED) is 0.899. The van der Waals surface area contributed by atoms with Crippen LogP contribution in [0.3, 0.4) is 0 Å². The third kappa shape index (κ3) is 3.01. The van der Waals surface area contributed by atoms with E-state index >= 15 is 0 Å². The summed E-state index contributed by atoms with van der Waals surface area (Å²) < 4.78 is 5.23. The fourth-order valence-electron chi connectivity index (χ4n) is 3.11. The van der Waals surface area contributed by atoms with Crippen LogP contribution >= 0.6 is 10.0 Å². The number of carboxylic acids is 1. The molecule has 0 amide bonds. The Bertz CT molecular complexity index is 772. The van der Waals surface area contributed by atoms with Gasteiger partial charge in [0.25, 0.3) is 0 Å². The zero-order valence-corrected chi connectivity index (χ0v) is 14.0. The van der Waals surface area contributed by atoms with E-state index in [1.807, 2.05) is 24.3 Å². The van der Waals surface area contributed by atoms with E-state index in [0.29, 0.717) is 5.75 Å². The van der Waals surface area contributed by atoms with E-state index in [1.165, 1.54) is 16.0 Å². The molecule has 2 aromatic rings. The molecule has 0 spiro atoms. The molecule has 0 bridgehead atoms. The second-order valence-electron chi connectivity index (χ2n) is 6.07. The van der Waals surface area contributed by atoms with Gasteiger partial charge < -0.3 is 14.9 Å². The number of carboxylic acid groups (broad SMARTS) is 1. The predicted molar refractivity (Wildman–Crippen MR) is 91.6 cm³/mol. The molecular weight excluding hydrogens is 312 g/mol. The highest BCUT2D eigenvalue weighted by Gasteiger charge is 2.30. The van der Waals surface area contributed by atoms with E-state index in [1.54, 1.807) is 13.2 Å². The molecule has 1 atom stereocenters. The largest absolute Gasteiger partial charge is 0.504 e. The number of phenolic OH excluding ortho intramolecular Hbond substituents is 1. The van der Waals surface area contributed by atoms with Crippen molar-refractivity contribution >= 4 is 16.0 Å². The Kier molecular flexibility index (Phi) is 3.98. The Morgan fingerprint density at radius 1 is 1.17 bits per heavy atom. The Labute approximate surface area is 137 Å². The predicted octanol–water partition coefficient (Wildman–Crippen LogP) is 3.54. The molecule has 0 saturated heterocycles. The SMILES string of the molecule is COc1cc(S2(C)Cc3ccc(CC(=O)O)cc3C2)ccc1O. The van der Waals surface area contributed by atoms with Gasteiger partial charge in [0, 0.05) is 11.5 Å². The maximum Gasteiger partial charge on any atom is 0.307 e. The Balaban J connectivity index is 1.92. The summed E-state index contributed by atoms with van der Waals surface area (Å²) in [5.74, 6) is 1.76. The first-order chi connectivity index (χ1) is 10.9. The highest BCUT2D eigenvalue weighted by Crippen LogP contribution is 2.63. The number of aliphatic carboxylic acids is 1. The van der Waals surface area contributed by atoms with Crippen LogP contribution in [0.1, 0.15) is 16.7 Å². The van der Waals surface area contributed by atoms with Crippen molar-refractivity contribution in [2.24, 2.45) is 0 Å². The Hall–Kier alpha value is -2.14. The van der Waals surface area contributed by atoms with Crippen LogP contribution in [0.25, 0.3) is 0 Å². The molecule has 122 valence electrons. The van der Waals surface area contributed by atoms with Gasteiger partial charge in [-0.1, -0.05) is 18.2 Å². The average Bonchev–Trinajstić information content (AvgIpc) is 2.83. The molecule has 1 unspecified atom stereocenters. The summed E-state index contributed by atoms with van der Waals surface area (Å²) in [6.45, 7) is 0. The molecule has 1 heterocycles. The van der Waals surface area contributed by atoms with E-state index in [2.05, 4.69) is 12.3 Å². The molecule has 2 aromatic carbocycles. The number of aromatic hydroxyl groups is 1. The lowest BCUT2D eigenvalue weighted by molar-refractivity contribution is -0.136. The topological polar surface area (TPSA) is 66.8 Å². The van der Waals surface area contributed by atoms with Crippen molar-refractivity contribution in [1.29, 1.82) is 0 Å². The zero-order chi connectivity index (χ0) is 16.6. The summed E-state index contributed by atoms with van der Waals surface area (Å²) in [4.78, 5) is 12.1. The highest BCUT2D eigenvalue weighted by molar-refractivity contribution is 8.32. The summed E-state index contributed by atoms with van der Waals surface area (Å²) in [5, 5.41) is 18.7. The molecule has 1 aliphatic rings.